The van der Waals surface area contributed by atoms with Crippen molar-refractivity contribution in [1.82, 2.24) is 9.78 Å². The van der Waals surface area contributed by atoms with Gasteiger partial charge < -0.3 is 5.11 Å². The van der Waals surface area contributed by atoms with Gasteiger partial charge in [-0.3, -0.25) is 9.48 Å². The van der Waals surface area contributed by atoms with E-state index in [1.165, 1.54) is 0 Å². The average molecular weight is 238 g/mol. The number of carbonyl (C=O) groups is 1. The largest absolute Gasteiger partial charge is 0.481 e. The van der Waals surface area contributed by atoms with Crippen LogP contribution in [-0.2, 0) is 11.2 Å². The Morgan fingerprint density at radius 2 is 2.06 bits per heavy atom. The Morgan fingerprint density at radius 1 is 1.47 bits per heavy atom. The predicted molar refractivity (Wildman–Crippen MR) is 66.9 cm³/mol. The third-order valence-corrected chi connectivity index (χ3v) is 3.50. The average Bonchev–Trinajstić information content (AvgIpc) is 2.65. The van der Waals surface area contributed by atoms with Gasteiger partial charge in [0.15, 0.2) is 0 Å². The van der Waals surface area contributed by atoms with Crippen molar-refractivity contribution in [1.29, 1.82) is 0 Å². The van der Waals surface area contributed by atoms with Crippen molar-refractivity contribution in [2.45, 2.75) is 47.1 Å². The summed E-state index contributed by atoms with van der Waals surface area (Å²) in [7, 11) is 0. The number of aromatic nitrogens is 2. The molecule has 0 saturated heterocycles. The van der Waals surface area contributed by atoms with Crippen LogP contribution < -0.4 is 0 Å². The monoisotopic (exact) mass is 238 g/mol. The van der Waals surface area contributed by atoms with E-state index in [1.807, 2.05) is 30.8 Å². The summed E-state index contributed by atoms with van der Waals surface area (Å²) in [4.78, 5) is 11.4. The Balaban J connectivity index is 2.91. The van der Waals surface area contributed by atoms with Crippen molar-refractivity contribution in [3.05, 3.63) is 18.0 Å². The molecule has 1 aromatic heterocycles. The fourth-order valence-corrected chi connectivity index (χ4v) is 1.66. The van der Waals surface area contributed by atoms with E-state index in [1.54, 1.807) is 6.92 Å². The van der Waals surface area contributed by atoms with E-state index >= 15 is 0 Å². The summed E-state index contributed by atoms with van der Waals surface area (Å²) in [6.45, 7) is 9.76. The lowest BCUT2D eigenvalue weighted by molar-refractivity contribution is -0.150. The van der Waals surface area contributed by atoms with Crippen LogP contribution in [0, 0.1) is 11.3 Å². The van der Waals surface area contributed by atoms with Crippen molar-refractivity contribution in [3.8, 4) is 0 Å². The van der Waals surface area contributed by atoms with Crippen LogP contribution in [-0.4, -0.2) is 20.9 Å². The molecule has 0 fully saturated rings. The lowest BCUT2D eigenvalue weighted by Crippen LogP contribution is -2.35. The van der Waals surface area contributed by atoms with Crippen LogP contribution in [0.4, 0.5) is 0 Å². The first-order chi connectivity index (χ1) is 7.77. The van der Waals surface area contributed by atoms with Crippen molar-refractivity contribution in [2.24, 2.45) is 11.3 Å². The molecule has 17 heavy (non-hydrogen) atoms. The number of nitrogens with zero attached hydrogens (tertiary/aromatic N) is 2. The van der Waals surface area contributed by atoms with E-state index in [0.29, 0.717) is 12.5 Å². The lowest BCUT2D eigenvalue weighted by atomic mass is 9.75. The molecule has 0 bridgehead atoms. The molecular weight excluding hydrogens is 216 g/mol. The highest BCUT2D eigenvalue weighted by molar-refractivity contribution is 5.74. The highest BCUT2D eigenvalue weighted by Gasteiger charge is 2.37. The molecule has 1 rings (SSSR count). The Labute approximate surface area is 103 Å². The molecule has 1 aromatic rings. The van der Waals surface area contributed by atoms with Gasteiger partial charge in [-0.15, -0.1) is 0 Å². The van der Waals surface area contributed by atoms with Crippen LogP contribution in [0.15, 0.2) is 12.3 Å². The minimum Gasteiger partial charge on any atom is -0.481 e. The van der Waals surface area contributed by atoms with Gasteiger partial charge in [-0.1, -0.05) is 13.8 Å². The van der Waals surface area contributed by atoms with Crippen LogP contribution >= 0.6 is 0 Å². The summed E-state index contributed by atoms with van der Waals surface area (Å²) < 4.78 is 1.86. The molecule has 0 amide bonds. The molecule has 4 nitrogen and oxygen atoms in total. The van der Waals surface area contributed by atoms with Crippen molar-refractivity contribution in [2.75, 3.05) is 0 Å². The molecule has 0 aliphatic rings. The fraction of sp³-hybridized carbons (Fsp3) is 0.692. The second-order valence-electron chi connectivity index (χ2n) is 5.43. The van der Waals surface area contributed by atoms with Crippen LogP contribution in [0.1, 0.15) is 46.4 Å². The standard InChI is InChI=1S/C13H22N2O2/c1-9(2)13(5,12(16)17)8-11-6-7-15(14-11)10(3)4/h6-7,9-10H,8H2,1-5H3,(H,16,17). The molecular formula is C13H22N2O2. The normalized spacial score (nSPS) is 15.2. The quantitative estimate of drug-likeness (QED) is 0.858. The summed E-state index contributed by atoms with van der Waals surface area (Å²) in [6, 6.07) is 2.21. The molecule has 1 N–H and O–H groups in total. The number of hydrogen-bond donors (Lipinski definition) is 1. The summed E-state index contributed by atoms with van der Waals surface area (Å²) in [5, 5.41) is 13.8. The maximum Gasteiger partial charge on any atom is 0.310 e. The molecule has 0 aromatic carbocycles. The van der Waals surface area contributed by atoms with E-state index in [0.717, 1.165) is 5.69 Å². The van der Waals surface area contributed by atoms with Gasteiger partial charge in [-0.2, -0.15) is 5.10 Å². The lowest BCUT2D eigenvalue weighted by Gasteiger charge is -2.28. The van der Waals surface area contributed by atoms with Gasteiger partial charge in [-0.25, -0.2) is 0 Å². The number of aliphatic carboxylic acids is 1. The van der Waals surface area contributed by atoms with Gasteiger partial charge in [-0.05, 0) is 32.8 Å². The number of rotatable bonds is 5. The Hall–Kier alpha value is -1.32. The van der Waals surface area contributed by atoms with Gasteiger partial charge in [0, 0.05) is 18.7 Å². The number of carboxylic acid groups (broad SMARTS) is 1. The molecule has 0 aliphatic carbocycles. The molecule has 1 heterocycles. The third kappa shape index (κ3) is 2.87. The Kier molecular flexibility index (Phi) is 3.96. The van der Waals surface area contributed by atoms with Gasteiger partial charge in [0.2, 0.25) is 0 Å². The van der Waals surface area contributed by atoms with Gasteiger partial charge in [0.1, 0.15) is 0 Å². The van der Waals surface area contributed by atoms with E-state index in [9.17, 15) is 9.90 Å². The van der Waals surface area contributed by atoms with Gasteiger partial charge in [0.05, 0.1) is 11.1 Å². The van der Waals surface area contributed by atoms with Gasteiger partial charge in [0.25, 0.3) is 0 Å². The smallest absolute Gasteiger partial charge is 0.310 e. The van der Waals surface area contributed by atoms with E-state index in [2.05, 4.69) is 18.9 Å². The third-order valence-electron chi connectivity index (χ3n) is 3.50. The predicted octanol–water partition coefficient (Wildman–Crippen LogP) is 2.75. The Bertz CT molecular complexity index is 396. The molecule has 96 valence electrons. The van der Waals surface area contributed by atoms with Crippen LogP contribution in [0.3, 0.4) is 0 Å². The second-order valence-corrected chi connectivity index (χ2v) is 5.43. The summed E-state index contributed by atoms with van der Waals surface area (Å²) in [5.41, 5.74) is 0.0909. The maximum absolute atomic E-state index is 11.4. The minimum atomic E-state index is -0.758. The van der Waals surface area contributed by atoms with E-state index in [4.69, 9.17) is 0 Å². The van der Waals surface area contributed by atoms with E-state index < -0.39 is 11.4 Å². The maximum atomic E-state index is 11.4. The van der Waals surface area contributed by atoms with Crippen molar-refractivity contribution >= 4 is 5.97 Å². The van der Waals surface area contributed by atoms with Crippen LogP contribution in [0.2, 0.25) is 0 Å². The minimum absolute atomic E-state index is 0.0733. The van der Waals surface area contributed by atoms with Gasteiger partial charge >= 0.3 is 5.97 Å². The SMILES string of the molecule is CC(C)n1ccc(CC(C)(C(=O)O)C(C)C)n1. The molecule has 0 spiro atoms. The van der Waals surface area contributed by atoms with Crippen molar-refractivity contribution in [3.63, 3.8) is 0 Å². The first kappa shape index (κ1) is 13.7. The van der Waals surface area contributed by atoms with Crippen molar-refractivity contribution < 1.29 is 9.90 Å². The first-order valence-corrected chi connectivity index (χ1v) is 6.04. The molecule has 1 unspecified atom stereocenters. The summed E-state index contributed by atoms with van der Waals surface area (Å²) in [5.74, 6) is -0.684. The Morgan fingerprint density at radius 3 is 2.41 bits per heavy atom. The van der Waals surface area contributed by atoms with Crippen LogP contribution in [0.5, 0.6) is 0 Å². The molecule has 0 aliphatic heterocycles. The number of hydrogen-bond acceptors (Lipinski definition) is 2. The zero-order valence-electron chi connectivity index (χ0n) is 11.3. The summed E-state index contributed by atoms with van der Waals surface area (Å²) >= 11 is 0. The highest BCUT2D eigenvalue weighted by Crippen LogP contribution is 2.31. The highest BCUT2D eigenvalue weighted by atomic mass is 16.4. The van der Waals surface area contributed by atoms with E-state index in [-0.39, 0.29) is 5.92 Å². The zero-order valence-corrected chi connectivity index (χ0v) is 11.3. The van der Waals surface area contributed by atoms with Crippen LogP contribution in [0.25, 0.3) is 0 Å². The zero-order chi connectivity index (χ0) is 13.2. The first-order valence-electron chi connectivity index (χ1n) is 6.04. The molecule has 0 radical (unpaired) electrons. The summed E-state index contributed by atoms with van der Waals surface area (Å²) in [6.07, 6.45) is 2.38. The number of carboxylic acids is 1. The fourth-order valence-electron chi connectivity index (χ4n) is 1.66. The topological polar surface area (TPSA) is 55.1 Å². The molecule has 1 atom stereocenters. The molecule has 0 saturated carbocycles. The second kappa shape index (κ2) is 4.90. The molecule has 4 heteroatoms.